The van der Waals surface area contributed by atoms with Crippen molar-refractivity contribution in [3.63, 3.8) is 0 Å². The Morgan fingerprint density at radius 2 is 1.93 bits per heavy atom. The number of aryl methyl sites for hydroxylation is 1. The number of amides is 1. The highest BCUT2D eigenvalue weighted by Crippen LogP contribution is 2.23. The monoisotopic (exact) mass is 459 g/mol. The smallest absolute Gasteiger partial charge is 0.374 e. The van der Waals surface area contributed by atoms with Gasteiger partial charge in [0.05, 0.1) is 12.3 Å². The summed E-state index contributed by atoms with van der Waals surface area (Å²) >= 11 is 5.92. The van der Waals surface area contributed by atoms with Crippen LogP contribution in [0.25, 0.3) is 0 Å². The van der Waals surface area contributed by atoms with Gasteiger partial charge in [-0.2, -0.15) is 4.31 Å². The van der Waals surface area contributed by atoms with Crippen LogP contribution < -0.4 is 0 Å². The van der Waals surface area contributed by atoms with Crippen LogP contribution in [0.1, 0.15) is 35.2 Å². The zero-order valence-corrected chi connectivity index (χ0v) is 18.2. The van der Waals surface area contributed by atoms with Crippen LogP contribution in [0.5, 0.6) is 0 Å². The number of rotatable bonds is 7. The summed E-state index contributed by atoms with van der Waals surface area (Å²) in [7, 11) is -3.91. The van der Waals surface area contributed by atoms with Crippen LogP contribution in [0.3, 0.4) is 0 Å². The van der Waals surface area contributed by atoms with Crippen molar-refractivity contribution >= 4 is 33.5 Å². The second-order valence-corrected chi connectivity index (χ2v) is 8.86. The van der Waals surface area contributed by atoms with Crippen molar-refractivity contribution in [2.75, 3.05) is 32.8 Å². The molecule has 3 heterocycles. The number of hydrogen-bond acceptors (Lipinski definition) is 8. The van der Waals surface area contributed by atoms with Crippen molar-refractivity contribution in [1.82, 2.24) is 14.4 Å². The molecule has 1 aliphatic rings. The van der Waals surface area contributed by atoms with Gasteiger partial charge in [0.25, 0.3) is 10.0 Å². The zero-order chi connectivity index (χ0) is 21.9. The molecule has 0 radical (unpaired) electrons. The molecule has 0 spiro atoms. The van der Waals surface area contributed by atoms with Gasteiger partial charge in [-0.15, -0.1) is 0 Å². The Morgan fingerprint density at radius 3 is 2.53 bits per heavy atom. The van der Waals surface area contributed by atoms with Crippen LogP contribution in [-0.2, 0) is 26.0 Å². The largest absolute Gasteiger partial charge is 0.460 e. The van der Waals surface area contributed by atoms with Gasteiger partial charge in [0, 0.05) is 38.2 Å². The first-order valence-corrected chi connectivity index (χ1v) is 11.2. The topological polar surface area (TPSA) is 123 Å². The Balaban J connectivity index is 1.56. The third kappa shape index (κ3) is 4.68. The quantitative estimate of drug-likeness (QED) is 0.575. The minimum absolute atomic E-state index is 0.105. The number of aromatic nitrogens is 1. The molecule has 0 bridgehead atoms. The van der Waals surface area contributed by atoms with Crippen LogP contribution in [-0.4, -0.2) is 67.4 Å². The van der Waals surface area contributed by atoms with E-state index in [0.717, 1.165) is 0 Å². The van der Waals surface area contributed by atoms with Gasteiger partial charge in [-0.05, 0) is 44.0 Å². The van der Waals surface area contributed by atoms with Crippen LogP contribution in [0.15, 0.2) is 26.2 Å². The number of ether oxygens (including phenoxy) is 1. The summed E-state index contributed by atoms with van der Waals surface area (Å²) in [5.41, 5.74) is 1.34. The second kappa shape index (κ2) is 9.19. The van der Waals surface area contributed by atoms with Crippen LogP contribution in [0, 0.1) is 6.92 Å². The van der Waals surface area contributed by atoms with Crippen molar-refractivity contribution in [2.24, 2.45) is 0 Å². The third-order valence-electron chi connectivity index (χ3n) is 4.77. The Hall–Kier alpha value is -2.37. The highest BCUT2D eigenvalue weighted by molar-refractivity contribution is 7.89. The molecule has 2 aromatic heterocycles. The lowest BCUT2D eigenvalue weighted by atomic mass is 10.1. The van der Waals surface area contributed by atoms with E-state index in [4.69, 9.17) is 25.3 Å². The number of esters is 1. The molecule has 1 saturated heterocycles. The van der Waals surface area contributed by atoms with Crippen LogP contribution in [0.2, 0.25) is 5.22 Å². The van der Waals surface area contributed by atoms with Gasteiger partial charge in [0.1, 0.15) is 0 Å². The lowest BCUT2D eigenvalue weighted by molar-refractivity contribution is -0.132. The van der Waals surface area contributed by atoms with Crippen molar-refractivity contribution in [1.29, 1.82) is 0 Å². The molecule has 1 fully saturated rings. The highest BCUT2D eigenvalue weighted by atomic mass is 35.5. The predicted octanol–water partition coefficient (Wildman–Crippen LogP) is 1.87. The molecule has 0 aromatic carbocycles. The first-order valence-electron chi connectivity index (χ1n) is 9.39. The van der Waals surface area contributed by atoms with E-state index in [0.29, 0.717) is 17.7 Å². The molecule has 2 aromatic rings. The summed E-state index contributed by atoms with van der Waals surface area (Å²) in [6.07, 6.45) is 0.615. The molecule has 0 atom stereocenters. The zero-order valence-electron chi connectivity index (χ0n) is 16.6. The number of halogens is 1. The molecule has 10 nitrogen and oxygen atoms in total. The van der Waals surface area contributed by atoms with Gasteiger partial charge in [0.2, 0.25) is 22.0 Å². The second-order valence-electron chi connectivity index (χ2n) is 6.64. The van der Waals surface area contributed by atoms with E-state index in [2.05, 4.69) is 5.16 Å². The molecule has 1 amide bonds. The van der Waals surface area contributed by atoms with Gasteiger partial charge in [-0.25, -0.2) is 13.2 Å². The lowest BCUT2D eigenvalue weighted by Gasteiger charge is -2.33. The Labute approximate surface area is 178 Å². The molecule has 0 N–H and O–H groups in total. The number of furan rings is 1. The SMILES string of the molecule is CCOC(=O)c1ccc(S(=O)(=O)N2CCN(C(=O)CCc3c(C)noc3Cl)CC2)o1. The summed E-state index contributed by atoms with van der Waals surface area (Å²) in [6.45, 7) is 4.29. The fraction of sp³-hybridized carbons (Fsp3) is 0.500. The first kappa shape index (κ1) is 22.3. The maximum atomic E-state index is 12.8. The molecule has 1 aliphatic heterocycles. The van der Waals surface area contributed by atoms with E-state index >= 15 is 0 Å². The van der Waals surface area contributed by atoms with E-state index in [1.807, 2.05) is 0 Å². The number of nitrogens with zero attached hydrogens (tertiary/aromatic N) is 3. The maximum absolute atomic E-state index is 12.8. The lowest BCUT2D eigenvalue weighted by Crippen LogP contribution is -2.50. The standard InChI is InChI=1S/C18H22ClN3O7S/c1-3-27-18(24)14-5-7-16(28-14)30(25,26)22-10-8-21(9-11-22)15(23)6-4-13-12(2)20-29-17(13)19/h5,7H,3-4,6,8-11H2,1-2H3. The molecule has 12 heteroatoms. The number of carbonyl (C=O) groups excluding carboxylic acids is 2. The van der Waals surface area contributed by atoms with Crippen molar-refractivity contribution in [2.45, 2.75) is 31.8 Å². The maximum Gasteiger partial charge on any atom is 0.374 e. The average Bonchev–Trinajstić information content (AvgIpc) is 3.34. The van der Waals surface area contributed by atoms with Crippen molar-refractivity contribution < 1.29 is 31.7 Å². The molecule has 0 aliphatic carbocycles. The minimum atomic E-state index is -3.91. The summed E-state index contributed by atoms with van der Waals surface area (Å²) in [5.74, 6) is -1.00. The fourth-order valence-corrected chi connectivity index (χ4v) is 4.71. The summed E-state index contributed by atoms with van der Waals surface area (Å²) in [4.78, 5) is 25.8. The van der Waals surface area contributed by atoms with Gasteiger partial charge >= 0.3 is 5.97 Å². The normalized spacial score (nSPS) is 15.4. The summed E-state index contributed by atoms with van der Waals surface area (Å²) in [5, 5.41) is 3.60. The molecule has 0 saturated carbocycles. The van der Waals surface area contributed by atoms with E-state index in [9.17, 15) is 18.0 Å². The predicted molar refractivity (Wildman–Crippen MR) is 105 cm³/mol. The van der Waals surface area contributed by atoms with E-state index in [1.54, 1.807) is 18.7 Å². The van der Waals surface area contributed by atoms with E-state index < -0.39 is 16.0 Å². The Morgan fingerprint density at radius 1 is 1.23 bits per heavy atom. The summed E-state index contributed by atoms with van der Waals surface area (Å²) in [6, 6.07) is 2.49. The summed E-state index contributed by atoms with van der Waals surface area (Å²) < 4.78 is 41.6. The van der Waals surface area contributed by atoms with Crippen LogP contribution in [0.4, 0.5) is 0 Å². The van der Waals surface area contributed by atoms with Crippen LogP contribution >= 0.6 is 11.6 Å². The average molecular weight is 460 g/mol. The molecular formula is C18H22ClN3O7S. The van der Waals surface area contributed by atoms with Crippen molar-refractivity contribution in [3.05, 3.63) is 34.4 Å². The van der Waals surface area contributed by atoms with Crippen molar-refractivity contribution in [3.8, 4) is 0 Å². The van der Waals surface area contributed by atoms with Gasteiger partial charge in [-0.1, -0.05) is 5.16 Å². The molecule has 3 rings (SSSR count). The fourth-order valence-electron chi connectivity index (χ4n) is 3.11. The first-order chi connectivity index (χ1) is 14.2. The molecule has 30 heavy (non-hydrogen) atoms. The highest BCUT2D eigenvalue weighted by Gasteiger charge is 2.33. The van der Waals surface area contributed by atoms with Gasteiger partial charge in [0.15, 0.2) is 0 Å². The Bertz CT molecular complexity index is 1000. The number of sulfonamides is 1. The van der Waals surface area contributed by atoms with Gasteiger partial charge in [-0.3, -0.25) is 4.79 Å². The van der Waals surface area contributed by atoms with E-state index in [1.165, 1.54) is 16.4 Å². The molecule has 164 valence electrons. The van der Waals surface area contributed by atoms with E-state index in [-0.39, 0.29) is 61.2 Å². The third-order valence-corrected chi connectivity index (χ3v) is 6.84. The number of carbonyl (C=O) groups is 2. The minimum Gasteiger partial charge on any atom is -0.460 e. The van der Waals surface area contributed by atoms with Gasteiger partial charge < -0.3 is 18.6 Å². The molecule has 0 unspecified atom stereocenters. The molecular weight excluding hydrogens is 438 g/mol. The number of hydrogen-bond donors (Lipinski definition) is 0. The Kier molecular flexibility index (Phi) is 6.84. The number of piperazine rings is 1.